The summed E-state index contributed by atoms with van der Waals surface area (Å²) in [5, 5.41) is 0. The van der Waals surface area contributed by atoms with Gasteiger partial charge in [0.25, 0.3) is 5.91 Å². The first-order valence-corrected chi connectivity index (χ1v) is 5.37. The molecule has 2 heterocycles. The van der Waals surface area contributed by atoms with Crippen LogP contribution in [0.4, 0.5) is 5.69 Å². The second kappa shape index (κ2) is 4.49. The Morgan fingerprint density at radius 1 is 1.38 bits per heavy atom. The van der Waals surface area contributed by atoms with E-state index in [0.29, 0.717) is 5.69 Å². The van der Waals surface area contributed by atoms with Gasteiger partial charge in [-0.15, -0.1) is 0 Å². The molecule has 0 aliphatic carbocycles. The standard InChI is InChI=1S/C11H16N4O/c1-14-5-7-15(8-6-14)9-3-2-4-13-10(9)11(12)16/h2-4H,5-8H2,1H3,(H2,12,16). The highest BCUT2D eigenvalue weighted by atomic mass is 16.1. The molecule has 0 aromatic carbocycles. The molecular weight excluding hydrogens is 204 g/mol. The molecular formula is C11H16N4O. The minimum Gasteiger partial charge on any atom is -0.367 e. The Hall–Kier alpha value is -1.62. The monoisotopic (exact) mass is 220 g/mol. The van der Waals surface area contributed by atoms with Crippen LogP contribution in [-0.4, -0.2) is 49.0 Å². The first-order chi connectivity index (χ1) is 7.68. The largest absolute Gasteiger partial charge is 0.367 e. The predicted molar refractivity (Wildman–Crippen MR) is 62.5 cm³/mol. The summed E-state index contributed by atoms with van der Waals surface area (Å²) < 4.78 is 0. The lowest BCUT2D eigenvalue weighted by molar-refractivity contribution is 0.0996. The lowest BCUT2D eigenvalue weighted by Gasteiger charge is -2.34. The Bertz CT molecular complexity index is 385. The maximum Gasteiger partial charge on any atom is 0.269 e. The van der Waals surface area contributed by atoms with Crippen LogP contribution in [-0.2, 0) is 0 Å². The minimum atomic E-state index is -0.463. The highest BCUT2D eigenvalue weighted by Crippen LogP contribution is 2.19. The van der Waals surface area contributed by atoms with Crippen LogP contribution in [0.15, 0.2) is 18.3 Å². The van der Waals surface area contributed by atoms with E-state index in [1.807, 2.05) is 12.1 Å². The molecule has 86 valence electrons. The van der Waals surface area contributed by atoms with Crippen molar-refractivity contribution in [2.45, 2.75) is 0 Å². The van der Waals surface area contributed by atoms with Crippen molar-refractivity contribution in [2.24, 2.45) is 5.73 Å². The topological polar surface area (TPSA) is 62.5 Å². The Morgan fingerprint density at radius 2 is 2.06 bits per heavy atom. The number of hydrogen-bond acceptors (Lipinski definition) is 4. The SMILES string of the molecule is CN1CCN(c2cccnc2C(N)=O)CC1. The molecule has 0 bridgehead atoms. The Kier molecular flexibility index (Phi) is 3.05. The number of carbonyl (C=O) groups is 1. The van der Waals surface area contributed by atoms with E-state index in [0.717, 1.165) is 31.9 Å². The number of piperazine rings is 1. The van der Waals surface area contributed by atoms with Gasteiger partial charge in [0.2, 0.25) is 0 Å². The van der Waals surface area contributed by atoms with Crippen LogP contribution in [0.1, 0.15) is 10.5 Å². The number of amides is 1. The van der Waals surface area contributed by atoms with E-state index in [9.17, 15) is 4.79 Å². The summed E-state index contributed by atoms with van der Waals surface area (Å²) in [5.41, 5.74) is 6.53. The lowest BCUT2D eigenvalue weighted by atomic mass is 10.2. The van der Waals surface area contributed by atoms with Crippen LogP contribution < -0.4 is 10.6 Å². The van der Waals surface area contributed by atoms with Crippen LogP contribution in [0.3, 0.4) is 0 Å². The number of nitrogens with zero attached hydrogens (tertiary/aromatic N) is 3. The number of pyridine rings is 1. The van der Waals surface area contributed by atoms with E-state index in [1.54, 1.807) is 6.20 Å². The zero-order valence-electron chi connectivity index (χ0n) is 9.39. The number of likely N-dealkylation sites (N-methyl/N-ethyl adjacent to an activating group) is 1. The molecule has 16 heavy (non-hydrogen) atoms. The molecule has 2 rings (SSSR count). The molecule has 1 saturated heterocycles. The number of primary amides is 1. The van der Waals surface area contributed by atoms with Crippen molar-refractivity contribution in [1.82, 2.24) is 9.88 Å². The van der Waals surface area contributed by atoms with Gasteiger partial charge in [0.1, 0.15) is 0 Å². The summed E-state index contributed by atoms with van der Waals surface area (Å²) in [6.45, 7) is 3.80. The zero-order valence-corrected chi connectivity index (χ0v) is 9.39. The second-order valence-corrected chi connectivity index (χ2v) is 4.03. The van der Waals surface area contributed by atoms with E-state index < -0.39 is 5.91 Å². The van der Waals surface area contributed by atoms with Crippen LogP contribution in [0.2, 0.25) is 0 Å². The maximum atomic E-state index is 11.3. The van der Waals surface area contributed by atoms with Gasteiger partial charge in [0.05, 0.1) is 5.69 Å². The zero-order chi connectivity index (χ0) is 11.5. The quantitative estimate of drug-likeness (QED) is 0.758. The van der Waals surface area contributed by atoms with Gasteiger partial charge in [-0.2, -0.15) is 0 Å². The summed E-state index contributed by atoms with van der Waals surface area (Å²) in [7, 11) is 2.09. The Morgan fingerprint density at radius 3 is 2.69 bits per heavy atom. The first kappa shape index (κ1) is 10.9. The average molecular weight is 220 g/mol. The summed E-state index contributed by atoms with van der Waals surface area (Å²) in [6.07, 6.45) is 1.60. The maximum absolute atomic E-state index is 11.3. The van der Waals surface area contributed by atoms with E-state index >= 15 is 0 Å². The number of nitrogens with two attached hydrogens (primary N) is 1. The van der Waals surface area contributed by atoms with Crippen molar-refractivity contribution in [3.63, 3.8) is 0 Å². The third-order valence-electron chi connectivity index (χ3n) is 2.86. The van der Waals surface area contributed by atoms with Gasteiger partial charge in [-0.25, -0.2) is 4.98 Å². The van der Waals surface area contributed by atoms with Gasteiger partial charge in [-0.1, -0.05) is 0 Å². The van der Waals surface area contributed by atoms with E-state index in [2.05, 4.69) is 21.8 Å². The van der Waals surface area contributed by atoms with Crippen molar-refractivity contribution < 1.29 is 4.79 Å². The molecule has 1 aromatic heterocycles. The first-order valence-electron chi connectivity index (χ1n) is 5.37. The molecule has 0 unspecified atom stereocenters. The smallest absolute Gasteiger partial charge is 0.269 e. The second-order valence-electron chi connectivity index (χ2n) is 4.03. The number of anilines is 1. The highest BCUT2D eigenvalue weighted by molar-refractivity contribution is 5.96. The van der Waals surface area contributed by atoms with Crippen LogP contribution in [0.5, 0.6) is 0 Å². The Balaban J connectivity index is 2.23. The molecule has 5 heteroatoms. The molecule has 5 nitrogen and oxygen atoms in total. The van der Waals surface area contributed by atoms with Gasteiger partial charge in [0, 0.05) is 32.4 Å². The average Bonchev–Trinajstić information content (AvgIpc) is 2.30. The molecule has 1 aliphatic heterocycles. The molecule has 1 aromatic rings. The van der Waals surface area contributed by atoms with Crippen molar-refractivity contribution in [2.75, 3.05) is 38.1 Å². The molecule has 0 atom stereocenters. The molecule has 0 saturated carbocycles. The fourth-order valence-corrected chi connectivity index (χ4v) is 1.89. The fourth-order valence-electron chi connectivity index (χ4n) is 1.89. The molecule has 1 amide bonds. The Labute approximate surface area is 94.9 Å². The van der Waals surface area contributed by atoms with Gasteiger partial charge >= 0.3 is 0 Å². The molecule has 0 radical (unpaired) electrons. The highest BCUT2D eigenvalue weighted by Gasteiger charge is 2.19. The molecule has 1 fully saturated rings. The van der Waals surface area contributed by atoms with Crippen LogP contribution in [0, 0.1) is 0 Å². The third kappa shape index (κ3) is 2.14. The number of carbonyl (C=O) groups excluding carboxylic acids is 1. The van der Waals surface area contributed by atoms with Crippen LogP contribution in [0.25, 0.3) is 0 Å². The van der Waals surface area contributed by atoms with Gasteiger partial charge in [0.15, 0.2) is 5.69 Å². The number of hydrogen-bond donors (Lipinski definition) is 1. The van der Waals surface area contributed by atoms with Crippen LogP contribution >= 0.6 is 0 Å². The van der Waals surface area contributed by atoms with Gasteiger partial charge in [-0.3, -0.25) is 4.79 Å². The minimum absolute atomic E-state index is 0.368. The number of rotatable bonds is 2. The summed E-state index contributed by atoms with van der Waals surface area (Å²) >= 11 is 0. The van der Waals surface area contributed by atoms with E-state index in [1.165, 1.54) is 0 Å². The molecule has 0 spiro atoms. The fraction of sp³-hybridized carbons (Fsp3) is 0.455. The normalized spacial score (nSPS) is 17.4. The summed E-state index contributed by atoms with van der Waals surface area (Å²) in [4.78, 5) is 19.7. The van der Waals surface area contributed by atoms with Gasteiger partial charge < -0.3 is 15.5 Å². The summed E-state index contributed by atoms with van der Waals surface area (Å²) in [5.74, 6) is -0.463. The lowest BCUT2D eigenvalue weighted by Crippen LogP contribution is -2.45. The van der Waals surface area contributed by atoms with E-state index in [-0.39, 0.29) is 0 Å². The van der Waals surface area contributed by atoms with Crippen molar-refractivity contribution in [3.05, 3.63) is 24.0 Å². The number of aromatic nitrogens is 1. The predicted octanol–water partition coefficient (Wildman–Crippen LogP) is -0.0677. The summed E-state index contributed by atoms with van der Waals surface area (Å²) in [6, 6.07) is 3.73. The van der Waals surface area contributed by atoms with Crippen molar-refractivity contribution in [3.8, 4) is 0 Å². The molecule has 2 N–H and O–H groups in total. The van der Waals surface area contributed by atoms with E-state index in [4.69, 9.17) is 5.73 Å². The molecule has 1 aliphatic rings. The third-order valence-corrected chi connectivity index (χ3v) is 2.86. The van der Waals surface area contributed by atoms with Crippen molar-refractivity contribution >= 4 is 11.6 Å². The van der Waals surface area contributed by atoms with Crippen molar-refractivity contribution in [1.29, 1.82) is 0 Å². The van der Waals surface area contributed by atoms with Gasteiger partial charge in [-0.05, 0) is 19.2 Å².